The maximum atomic E-state index is 12.3. The highest BCUT2D eigenvalue weighted by Crippen LogP contribution is 2.32. The van der Waals surface area contributed by atoms with Crippen LogP contribution in [0.5, 0.6) is 0 Å². The quantitative estimate of drug-likeness (QED) is 0.573. The van der Waals surface area contributed by atoms with Crippen molar-refractivity contribution < 1.29 is 9.59 Å². The van der Waals surface area contributed by atoms with E-state index in [0.29, 0.717) is 36.7 Å². The molecule has 2 heterocycles. The molecule has 2 aliphatic rings. The summed E-state index contributed by atoms with van der Waals surface area (Å²) in [5.41, 5.74) is 1.42. The summed E-state index contributed by atoms with van der Waals surface area (Å²) in [6, 6.07) is 8.07. The Morgan fingerprint density at radius 1 is 1.08 bits per heavy atom. The minimum Gasteiger partial charge on any atom is -0.334 e. The molecule has 0 radical (unpaired) electrons. The number of hydrogen-bond acceptors (Lipinski definition) is 3. The van der Waals surface area contributed by atoms with Gasteiger partial charge in [0.2, 0.25) is 5.91 Å². The molecule has 3 rings (SSSR count). The Balaban J connectivity index is 0.00000243. The van der Waals surface area contributed by atoms with E-state index in [9.17, 15) is 9.59 Å². The van der Waals surface area contributed by atoms with Crippen LogP contribution in [-0.4, -0.2) is 30.6 Å². The van der Waals surface area contributed by atoms with E-state index in [0.717, 1.165) is 18.5 Å². The van der Waals surface area contributed by atoms with Crippen LogP contribution in [0.4, 0.5) is 16.2 Å². The lowest BCUT2D eigenvalue weighted by molar-refractivity contribution is -0.117. The molecule has 7 heteroatoms. The molecular formula is C19H27ClN4O2. The van der Waals surface area contributed by atoms with E-state index in [1.165, 1.54) is 12.8 Å². The minimum absolute atomic E-state index is 0. The van der Waals surface area contributed by atoms with Gasteiger partial charge in [0.05, 0.1) is 0 Å². The normalized spacial score (nSPS) is 23.5. The molecule has 0 spiro atoms. The third-order valence-electron chi connectivity index (χ3n) is 4.88. The Hall–Kier alpha value is -2.05. The maximum absolute atomic E-state index is 12.3. The van der Waals surface area contributed by atoms with Crippen LogP contribution in [-0.2, 0) is 4.79 Å². The number of hydrogen-bond donors (Lipinski definition) is 4. The number of anilines is 2. The third kappa shape index (κ3) is 5.75. The molecule has 6 nitrogen and oxygen atoms in total. The van der Waals surface area contributed by atoms with Crippen LogP contribution in [0.3, 0.4) is 0 Å². The number of nitrogens with one attached hydrogen (secondary N) is 4. The van der Waals surface area contributed by atoms with E-state index in [-0.39, 0.29) is 24.3 Å². The summed E-state index contributed by atoms with van der Waals surface area (Å²) >= 11 is 0. The summed E-state index contributed by atoms with van der Waals surface area (Å²) in [5.74, 6) is 0.545. The first-order valence-corrected chi connectivity index (χ1v) is 8.94. The van der Waals surface area contributed by atoms with Crippen LogP contribution >= 0.6 is 12.4 Å². The average molecular weight is 379 g/mol. The van der Waals surface area contributed by atoms with Crippen molar-refractivity contribution in [1.29, 1.82) is 0 Å². The number of piperidine rings is 1. The summed E-state index contributed by atoms with van der Waals surface area (Å²) in [6.07, 6.45) is 6.90. The van der Waals surface area contributed by atoms with Crippen molar-refractivity contribution in [2.75, 3.05) is 17.2 Å². The number of urea groups is 1. The molecule has 2 fully saturated rings. The monoisotopic (exact) mass is 378 g/mol. The molecule has 0 aromatic heterocycles. The fraction of sp³-hybridized carbons (Fsp3) is 0.474. The molecule has 142 valence electrons. The fourth-order valence-corrected chi connectivity index (χ4v) is 3.79. The molecule has 2 unspecified atom stereocenters. The predicted octanol–water partition coefficient (Wildman–Crippen LogP) is 3.28. The number of halogens is 1. The van der Waals surface area contributed by atoms with Crippen LogP contribution < -0.4 is 21.3 Å². The molecule has 2 bridgehead atoms. The van der Waals surface area contributed by atoms with Crippen LogP contribution in [0, 0.1) is 5.92 Å². The Bertz CT molecular complexity index is 623. The van der Waals surface area contributed by atoms with E-state index in [2.05, 4.69) is 27.8 Å². The van der Waals surface area contributed by atoms with Gasteiger partial charge in [-0.3, -0.25) is 4.79 Å². The molecule has 2 aliphatic heterocycles. The molecule has 26 heavy (non-hydrogen) atoms. The number of fused-ring (bicyclic) bond motifs is 2. The van der Waals surface area contributed by atoms with Crippen molar-refractivity contribution in [2.45, 2.75) is 44.2 Å². The first-order valence-electron chi connectivity index (χ1n) is 8.94. The Morgan fingerprint density at radius 3 is 2.23 bits per heavy atom. The highest BCUT2D eigenvalue weighted by Gasteiger charge is 2.34. The minimum atomic E-state index is -0.280. The topological polar surface area (TPSA) is 82.3 Å². The number of rotatable bonds is 6. The smallest absolute Gasteiger partial charge is 0.319 e. The maximum Gasteiger partial charge on any atom is 0.319 e. The lowest BCUT2D eigenvalue weighted by atomic mass is 9.89. The summed E-state index contributed by atoms with van der Waals surface area (Å²) < 4.78 is 0. The fourth-order valence-electron chi connectivity index (χ4n) is 3.79. The summed E-state index contributed by atoms with van der Waals surface area (Å²) in [7, 11) is 0. The standard InChI is InChI=1S/C19H26N4O2.ClH/c1-2-9-20-19(25)23-15-5-3-14(4-6-15)22-18(24)12-13-10-16-7-8-17(11-13)21-16;/h2-6,13,16-17,21H,1,7-12H2,(H,22,24)(H2,20,23,25);1H. The van der Waals surface area contributed by atoms with Gasteiger partial charge in [-0.05, 0) is 55.9 Å². The van der Waals surface area contributed by atoms with Gasteiger partial charge in [-0.2, -0.15) is 0 Å². The zero-order valence-electron chi connectivity index (χ0n) is 14.8. The number of amides is 3. The van der Waals surface area contributed by atoms with Crippen LogP contribution in [0.15, 0.2) is 36.9 Å². The van der Waals surface area contributed by atoms with Gasteiger partial charge in [0.15, 0.2) is 0 Å². The summed E-state index contributed by atoms with van der Waals surface area (Å²) in [4.78, 5) is 23.8. The largest absolute Gasteiger partial charge is 0.334 e. The predicted molar refractivity (Wildman–Crippen MR) is 107 cm³/mol. The number of carbonyl (C=O) groups excluding carboxylic acids is 2. The molecule has 3 amide bonds. The Labute approximate surface area is 160 Å². The zero-order valence-corrected chi connectivity index (χ0v) is 15.6. The van der Waals surface area contributed by atoms with Gasteiger partial charge in [-0.15, -0.1) is 19.0 Å². The highest BCUT2D eigenvalue weighted by molar-refractivity contribution is 5.92. The van der Waals surface area contributed by atoms with Crippen molar-refractivity contribution in [3.8, 4) is 0 Å². The SMILES string of the molecule is C=CCNC(=O)Nc1ccc(NC(=O)CC2CC3CCC(C2)N3)cc1.Cl. The van der Waals surface area contributed by atoms with Crippen LogP contribution in [0.25, 0.3) is 0 Å². The molecule has 1 aromatic rings. The van der Waals surface area contributed by atoms with Crippen molar-refractivity contribution in [3.63, 3.8) is 0 Å². The second kappa shape index (κ2) is 9.59. The Morgan fingerprint density at radius 2 is 1.65 bits per heavy atom. The third-order valence-corrected chi connectivity index (χ3v) is 4.88. The van der Waals surface area contributed by atoms with Gasteiger partial charge >= 0.3 is 6.03 Å². The van der Waals surface area contributed by atoms with Crippen molar-refractivity contribution in [1.82, 2.24) is 10.6 Å². The van der Waals surface area contributed by atoms with Gasteiger partial charge in [0.25, 0.3) is 0 Å². The van der Waals surface area contributed by atoms with Crippen LogP contribution in [0.2, 0.25) is 0 Å². The lowest BCUT2D eigenvalue weighted by Crippen LogP contribution is -2.39. The van der Waals surface area contributed by atoms with Crippen molar-refractivity contribution in [2.24, 2.45) is 5.92 Å². The highest BCUT2D eigenvalue weighted by atomic mass is 35.5. The average Bonchev–Trinajstić information content (AvgIpc) is 2.93. The molecule has 1 aromatic carbocycles. The second-order valence-electron chi connectivity index (χ2n) is 6.93. The van der Waals surface area contributed by atoms with E-state index < -0.39 is 0 Å². The summed E-state index contributed by atoms with van der Waals surface area (Å²) in [6.45, 7) is 3.96. The first kappa shape index (κ1) is 20.3. The van der Waals surface area contributed by atoms with Gasteiger partial charge in [0, 0.05) is 36.4 Å². The van der Waals surface area contributed by atoms with Gasteiger partial charge < -0.3 is 21.3 Å². The Kier molecular flexibility index (Phi) is 7.48. The molecule has 0 aliphatic carbocycles. The molecular weight excluding hydrogens is 352 g/mol. The molecule has 2 atom stereocenters. The zero-order chi connectivity index (χ0) is 17.6. The van der Waals surface area contributed by atoms with E-state index in [1.807, 2.05) is 0 Å². The van der Waals surface area contributed by atoms with E-state index >= 15 is 0 Å². The van der Waals surface area contributed by atoms with Crippen LogP contribution in [0.1, 0.15) is 32.1 Å². The summed E-state index contributed by atoms with van der Waals surface area (Å²) in [5, 5.41) is 11.9. The van der Waals surface area contributed by atoms with Gasteiger partial charge in [0.1, 0.15) is 0 Å². The molecule has 4 N–H and O–H groups in total. The lowest BCUT2D eigenvalue weighted by Gasteiger charge is -2.28. The number of carbonyl (C=O) groups is 2. The van der Waals surface area contributed by atoms with Gasteiger partial charge in [-0.25, -0.2) is 4.79 Å². The van der Waals surface area contributed by atoms with Gasteiger partial charge in [-0.1, -0.05) is 6.08 Å². The molecule has 2 saturated heterocycles. The first-order chi connectivity index (χ1) is 12.1. The van der Waals surface area contributed by atoms with Crippen molar-refractivity contribution >= 4 is 35.7 Å². The van der Waals surface area contributed by atoms with E-state index in [4.69, 9.17) is 0 Å². The van der Waals surface area contributed by atoms with E-state index in [1.54, 1.807) is 30.3 Å². The second-order valence-corrected chi connectivity index (χ2v) is 6.93. The number of benzene rings is 1. The van der Waals surface area contributed by atoms with Crippen molar-refractivity contribution in [3.05, 3.63) is 36.9 Å². The molecule has 0 saturated carbocycles.